The maximum Gasteiger partial charge on any atom is 0.276 e. The third-order valence-corrected chi connectivity index (χ3v) is 4.03. The number of hydrogen-bond donors (Lipinski definition) is 1. The van der Waals surface area contributed by atoms with E-state index in [2.05, 4.69) is 9.93 Å². The lowest BCUT2D eigenvalue weighted by atomic mass is 10.2. The normalized spacial score (nSPS) is 11.8. The Labute approximate surface area is 133 Å². The Morgan fingerprint density at radius 3 is 2.39 bits per heavy atom. The number of hydrogen-bond acceptors (Lipinski definition) is 5. The molecule has 118 valence electrons. The van der Waals surface area contributed by atoms with Gasteiger partial charge >= 0.3 is 0 Å². The molecule has 2 rings (SSSR count). The average molecular weight is 331 g/mol. The second-order valence-corrected chi connectivity index (χ2v) is 6.02. The first-order valence-corrected chi connectivity index (χ1v) is 7.99. The quantitative estimate of drug-likeness (QED) is 0.499. The molecular formula is C15H13N3O4S. The van der Waals surface area contributed by atoms with Gasteiger partial charge < -0.3 is 0 Å². The van der Waals surface area contributed by atoms with Gasteiger partial charge in [-0.25, -0.2) is 4.83 Å². The van der Waals surface area contributed by atoms with Gasteiger partial charge in [-0.15, -0.1) is 0 Å². The molecule has 0 radical (unpaired) electrons. The zero-order valence-electron chi connectivity index (χ0n) is 11.9. The van der Waals surface area contributed by atoms with Gasteiger partial charge in [0.25, 0.3) is 15.7 Å². The third kappa shape index (κ3) is 4.48. The highest BCUT2D eigenvalue weighted by molar-refractivity contribution is 7.89. The van der Waals surface area contributed by atoms with Crippen LogP contribution in [0, 0.1) is 10.1 Å². The number of nitro benzene ring substituents is 1. The molecule has 2 aromatic rings. The summed E-state index contributed by atoms with van der Waals surface area (Å²) < 4.78 is 23.7. The lowest BCUT2D eigenvalue weighted by Gasteiger charge is -2.01. The molecule has 0 aliphatic heterocycles. The SMILES string of the molecule is O=[N+]([O-])c1ccccc1/C=C/C=N/NS(=O)(=O)c1ccccc1. The molecule has 0 aliphatic carbocycles. The van der Waals surface area contributed by atoms with E-state index in [4.69, 9.17) is 0 Å². The highest BCUT2D eigenvalue weighted by atomic mass is 32.2. The van der Waals surface area contributed by atoms with Crippen LogP contribution in [0.1, 0.15) is 5.56 Å². The van der Waals surface area contributed by atoms with Crippen LogP contribution in [0.2, 0.25) is 0 Å². The van der Waals surface area contributed by atoms with Gasteiger partial charge in [0.2, 0.25) is 0 Å². The van der Waals surface area contributed by atoms with Gasteiger partial charge in [0.15, 0.2) is 0 Å². The first-order chi connectivity index (χ1) is 11.0. The van der Waals surface area contributed by atoms with E-state index >= 15 is 0 Å². The van der Waals surface area contributed by atoms with Crippen LogP contribution in [0.15, 0.2) is 70.7 Å². The molecule has 0 unspecified atom stereocenters. The molecule has 0 spiro atoms. The maximum absolute atomic E-state index is 11.9. The van der Waals surface area contributed by atoms with Crippen molar-refractivity contribution in [2.24, 2.45) is 5.10 Å². The summed E-state index contributed by atoms with van der Waals surface area (Å²) in [4.78, 5) is 12.5. The number of nitrogens with zero attached hydrogens (tertiary/aromatic N) is 2. The molecule has 1 N–H and O–H groups in total. The minimum Gasteiger partial charge on any atom is -0.258 e. The summed E-state index contributed by atoms with van der Waals surface area (Å²) in [5, 5.41) is 14.4. The fourth-order valence-electron chi connectivity index (χ4n) is 1.74. The minimum absolute atomic E-state index is 0.0398. The monoisotopic (exact) mass is 331 g/mol. The average Bonchev–Trinajstić information content (AvgIpc) is 2.55. The van der Waals surface area contributed by atoms with E-state index in [-0.39, 0.29) is 10.6 Å². The fraction of sp³-hybridized carbons (Fsp3) is 0. The molecule has 0 amide bonds. The van der Waals surface area contributed by atoms with Gasteiger partial charge in [-0.05, 0) is 30.4 Å². The molecule has 0 heterocycles. The second kappa shape index (κ2) is 7.32. The summed E-state index contributed by atoms with van der Waals surface area (Å²) in [6, 6.07) is 14.0. The van der Waals surface area contributed by atoms with Crippen LogP contribution >= 0.6 is 0 Å². The Balaban J connectivity index is 2.04. The number of nitrogens with one attached hydrogen (secondary N) is 1. The summed E-state index contributed by atoms with van der Waals surface area (Å²) in [6.07, 6.45) is 4.09. The van der Waals surface area contributed by atoms with Gasteiger partial charge in [-0.2, -0.15) is 13.5 Å². The molecule has 0 aromatic heterocycles. The molecular weight excluding hydrogens is 318 g/mol. The number of para-hydroxylation sites is 1. The Bertz CT molecular complexity index is 846. The van der Waals surface area contributed by atoms with Crippen LogP contribution < -0.4 is 4.83 Å². The summed E-state index contributed by atoms with van der Waals surface area (Å²) in [5.74, 6) is 0. The maximum atomic E-state index is 11.9. The number of rotatable bonds is 6. The van der Waals surface area contributed by atoms with Crippen molar-refractivity contribution in [1.29, 1.82) is 0 Å². The van der Waals surface area contributed by atoms with Crippen molar-refractivity contribution in [2.75, 3.05) is 0 Å². The molecule has 8 heteroatoms. The summed E-state index contributed by atoms with van der Waals surface area (Å²) in [6.45, 7) is 0. The van der Waals surface area contributed by atoms with Crippen LogP contribution in [0.25, 0.3) is 6.08 Å². The number of benzene rings is 2. The Morgan fingerprint density at radius 2 is 1.70 bits per heavy atom. The van der Waals surface area contributed by atoms with E-state index in [9.17, 15) is 18.5 Å². The Kier molecular flexibility index (Phi) is 5.21. The van der Waals surface area contributed by atoms with Crippen LogP contribution in [0.3, 0.4) is 0 Å². The predicted octanol–water partition coefficient (Wildman–Crippen LogP) is 2.57. The zero-order chi connectivity index (χ0) is 16.7. The molecule has 0 aliphatic rings. The topological polar surface area (TPSA) is 102 Å². The lowest BCUT2D eigenvalue weighted by Crippen LogP contribution is -2.17. The Morgan fingerprint density at radius 1 is 1.04 bits per heavy atom. The van der Waals surface area contributed by atoms with E-state index in [0.29, 0.717) is 5.56 Å². The predicted molar refractivity (Wildman–Crippen MR) is 87.4 cm³/mol. The molecule has 0 atom stereocenters. The largest absolute Gasteiger partial charge is 0.276 e. The summed E-state index contributed by atoms with van der Waals surface area (Å²) in [7, 11) is -3.72. The van der Waals surface area contributed by atoms with Crippen LogP contribution in [-0.2, 0) is 10.0 Å². The highest BCUT2D eigenvalue weighted by Crippen LogP contribution is 2.18. The van der Waals surface area contributed by atoms with Gasteiger partial charge in [0.05, 0.1) is 15.4 Å². The number of allylic oxidation sites excluding steroid dienone is 1. The Hall–Kier alpha value is -3.00. The number of hydrazone groups is 1. The van der Waals surface area contributed by atoms with Gasteiger partial charge in [-0.1, -0.05) is 30.3 Å². The van der Waals surface area contributed by atoms with E-state index in [0.717, 1.165) is 0 Å². The van der Waals surface area contributed by atoms with E-state index in [1.807, 2.05) is 0 Å². The highest BCUT2D eigenvalue weighted by Gasteiger charge is 2.11. The smallest absolute Gasteiger partial charge is 0.258 e. The summed E-state index contributed by atoms with van der Waals surface area (Å²) >= 11 is 0. The van der Waals surface area contributed by atoms with Crippen molar-refractivity contribution in [2.45, 2.75) is 4.90 Å². The number of nitro groups is 1. The minimum atomic E-state index is -3.72. The molecule has 0 saturated carbocycles. The van der Waals surface area contributed by atoms with Crippen LogP contribution in [0.5, 0.6) is 0 Å². The molecule has 0 saturated heterocycles. The first kappa shape index (κ1) is 16.4. The molecule has 23 heavy (non-hydrogen) atoms. The van der Waals surface area contributed by atoms with Gasteiger partial charge in [0, 0.05) is 12.3 Å². The van der Waals surface area contributed by atoms with Crippen molar-refractivity contribution >= 4 is 28.0 Å². The van der Waals surface area contributed by atoms with Crippen molar-refractivity contribution in [3.05, 3.63) is 76.4 Å². The van der Waals surface area contributed by atoms with Crippen molar-refractivity contribution in [3.8, 4) is 0 Å². The van der Waals surface area contributed by atoms with Crippen molar-refractivity contribution < 1.29 is 13.3 Å². The van der Waals surface area contributed by atoms with E-state index < -0.39 is 14.9 Å². The molecule has 0 fully saturated rings. The lowest BCUT2D eigenvalue weighted by molar-refractivity contribution is -0.385. The third-order valence-electron chi connectivity index (χ3n) is 2.80. The fourth-order valence-corrected chi connectivity index (χ4v) is 2.56. The molecule has 2 aromatic carbocycles. The van der Waals surface area contributed by atoms with E-state index in [1.54, 1.807) is 36.4 Å². The van der Waals surface area contributed by atoms with Crippen LogP contribution in [-0.4, -0.2) is 19.6 Å². The van der Waals surface area contributed by atoms with Crippen LogP contribution in [0.4, 0.5) is 5.69 Å². The second-order valence-electron chi connectivity index (χ2n) is 4.36. The first-order valence-electron chi connectivity index (χ1n) is 6.51. The molecule has 7 nitrogen and oxygen atoms in total. The molecule has 0 bridgehead atoms. The number of sulfonamides is 1. The van der Waals surface area contributed by atoms with Gasteiger partial charge in [-0.3, -0.25) is 10.1 Å². The zero-order valence-corrected chi connectivity index (χ0v) is 12.7. The summed E-state index contributed by atoms with van der Waals surface area (Å²) in [5.41, 5.74) is 0.358. The van der Waals surface area contributed by atoms with Crippen molar-refractivity contribution in [3.63, 3.8) is 0 Å². The van der Waals surface area contributed by atoms with Crippen molar-refractivity contribution in [1.82, 2.24) is 4.83 Å². The standard InChI is InChI=1S/C15H13N3O4S/c19-18(20)15-11-5-4-7-13(15)8-6-12-16-17-23(21,22)14-9-2-1-3-10-14/h1-12,17H/b8-6+,16-12+. The van der Waals surface area contributed by atoms with Gasteiger partial charge in [0.1, 0.15) is 0 Å². The van der Waals surface area contributed by atoms with E-state index in [1.165, 1.54) is 36.6 Å².